The van der Waals surface area contributed by atoms with Gasteiger partial charge in [-0.2, -0.15) is 0 Å². The Labute approximate surface area is 166 Å². The van der Waals surface area contributed by atoms with E-state index in [1.165, 1.54) is 0 Å². The predicted octanol–water partition coefficient (Wildman–Crippen LogP) is 1.57. The molecule has 8 nitrogen and oxygen atoms in total. The van der Waals surface area contributed by atoms with Crippen LogP contribution in [0.1, 0.15) is 49.9 Å². The molecule has 0 fully saturated rings. The van der Waals surface area contributed by atoms with Gasteiger partial charge in [0.2, 0.25) is 5.91 Å². The summed E-state index contributed by atoms with van der Waals surface area (Å²) in [6, 6.07) is 5.63. The van der Waals surface area contributed by atoms with Crippen LogP contribution in [0.25, 0.3) is 0 Å². The third kappa shape index (κ3) is 9.36. The summed E-state index contributed by atoms with van der Waals surface area (Å²) in [4.78, 5) is 35.5. The summed E-state index contributed by atoms with van der Waals surface area (Å²) in [5, 5.41) is 17.7. The highest BCUT2D eigenvalue weighted by Crippen LogP contribution is 2.10. The SMILES string of the molecule is CC(C)CCNC(=O)CC[C@H](NC(=O)c1ccc(NCCCN)cc1)C(=O)O. The van der Waals surface area contributed by atoms with Gasteiger partial charge < -0.3 is 26.8 Å². The molecule has 2 amide bonds. The number of carboxylic acids is 1. The fourth-order valence-electron chi connectivity index (χ4n) is 2.44. The molecular formula is C20H32N4O4. The van der Waals surface area contributed by atoms with E-state index >= 15 is 0 Å². The topological polar surface area (TPSA) is 134 Å². The van der Waals surface area contributed by atoms with Crippen LogP contribution in [0, 0.1) is 5.92 Å². The lowest BCUT2D eigenvalue weighted by atomic mass is 10.1. The van der Waals surface area contributed by atoms with Gasteiger partial charge >= 0.3 is 5.97 Å². The third-order valence-corrected chi connectivity index (χ3v) is 4.16. The summed E-state index contributed by atoms with van der Waals surface area (Å²) in [6.07, 6.45) is 1.78. The zero-order valence-corrected chi connectivity index (χ0v) is 16.7. The van der Waals surface area contributed by atoms with Crippen molar-refractivity contribution < 1.29 is 19.5 Å². The lowest BCUT2D eigenvalue weighted by molar-refractivity contribution is -0.139. The van der Waals surface area contributed by atoms with Gasteiger partial charge in [-0.15, -0.1) is 0 Å². The van der Waals surface area contributed by atoms with Crippen LogP contribution in [0.4, 0.5) is 5.69 Å². The normalized spacial score (nSPS) is 11.7. The van der Waals surface area contributed by atoms with Crippen LogP contribution in [-0.2, 0) is 9.59 Å². The molecule has 0 unspecified atom stereocenters. The van der Waals surface area contributed by atoms with Gasteiger partial charge in [-0.05, 0) is 56.0 Å². The molecule has 1 atom stereocenters. The molecule has 0 heterocycles. The molecule has 0 aliphatic carbocycles. The van der Waals surface area contributed by atoms with E-state index in [9.17, 15) is 19.5 Å². The first-order valence-corrected chi connectivity index (χ1v) is 9.67. The number of aliphatic carboxylic acids is 1. The molecule has 0 bridgehead atoms. The van der Waals surface area contributed by atoms with Crippen molar-refractivity contribution in [3.05, 3.63) is 29.8 Å². The molecule has 0 aliphatic rings. The van der Waals surface area contributed by atoms with Crippen molar-refractivity contribution in [2.45, 2.75) is 45.6 Å². The Morgan fingerprint density at radius 2 is 1.75 bits per heavy atom. The largest absolute Gasteiger partial charge is 0.480 e. The van der Waals surface area contributed by atoms with Crippen molar-refractivity contribution in [2.75, 3.05) is 25.0 Å². The number of carboxylic acid groups (broad SMARTS) is 1. The number of carbonyl (C=O) groups is 3. The number of rotatable bonds is 13. The Hall–Kier alpha value is -2.61. The van der Waals surface area contributed by atoms with Crippen LogP contribution in [0.2, 0.25) is 0 Å². The number of carbonyl (C=O) groups excluding carboxylic acids is 2. The zero-order valence-electron chi connectivity index (χ0n) is 16.7. The summed E-state index contributed by atoms with van der Waals surface area (Å²) < 4.78 is 0. The van der Waals surface area contributed by atoms with Crippen molar-refractivity contribution in [2.24, 2.45) is 11.7 Å². The maximum atomic E-state index is 12.3. The molecule has 1 rings (SSSR count). The summed E-state index contributed by atoms with van der Waals surface area (Å²) in [6.45, 7) is 6.02. The first-order chi connectivity index (χ1) is 13.3. The lowest BCUT2D eigenvalue weighted by Gasteiger charge is -2.15. The monoisotopic (exact) mass is 392 g/mol. The molecular weight excluding hydrogens is 360 g/mol. The van der Waals surface area contributed by atoms with Crippen LogP contribution < -0.4 is 21.7 Å². The van der Waals surface area contributed by atoms with E-state index in [2.05, 4.69) is 29.8 Å². The quantitative estimate of drug-likeness (QED) is 0.324. The summed E-state index contributed by atoms with van der Waals surface area (Å²) in [5.41, 5.74) is 6.66. The third-order valence-electron chi connectivity index (χ3n) is 4.16. The molecule has 1 aromatic carbocycles. The van der Waals surface area contributed by atoms with Crippen molar-refractivity contribution >= 4 is 23.5 Å². The first-order valence-electron chi connectivity index (χ1n) is 9.67. The van der Waals surface area contributed by atoms with Gasteiger partial charge in [-0.25, -0.2) is 4.79 Å². The van der Waals surface area contributed by atoms with E-state index in [0.717, 1.165) is 25.1 Å². The Balaban J connectivity index is 2.50. The standard InChI is InChI=1S/C20H32N4O4/c1-14(2)10-13-23-18(25)9-8-17(20(27)28)24-19(26)15-4-6-16(7-5-15)22-12-3-11-21/h4-7,14,17,22H,3,8-13,21H2,1-2H3,(H,23,25)(H,24,26)(H,27,28)/t17-/m0/s1. The van der Waals surface area contributed by atoms with E-state index in [1.54, 1.807) is 24.3 Å². The van der Waals surface area contributed by atoms with Crippen LogP contribution >= 0.6 is 0 Å². The average Bonchev–Trinajstić information content (AvgIpc) is 2.65. The minimum Gasteiger partial charge on any atom is -0.480 e. The molecule has 0 spiro atoms. The zero-order chi connectivity index (χ0) is 20.9. The fourth-order valence-corrected chi connectivity index (χ4v) is 2.44. The maximum Gasteiger partial charge on any atom is 0.326 e. The molecule has 0 saturated carbocycles. The van der Waals surface area contributed by atoms with Gasteiger partial charge in [0.15, 0.2) is 0 Å². The minimum atomic E-state index is -1.16. The molecule has 0 aromatic heterocycles. The molecule has 28 heavy (non-hydrogen) atoms. The summed E-state index contributed by atoms with van der Waals surface area (Å²) in [5.74, 6) is -1.38. The second-order valence-corrected chi connectivity index (χ2v) is 7.08. The first kappa shape index (κ1) is 23.4. The molecule has 1 aromatic rings. The smallest absolute Gasteiger partial charge is 0.326 e. The maximum absolute atomic E-state index is 12.3. The number of hydrogen-bond acceptors (Lipinski definition) is 5. The van der Waals surface area contributed by atoms with Crippen LogP contribution in [-0.4, -0.2) is 48.6 Å². The number of hydrogen-bond donors (Lipinski definition) is 5. The van der Waals surface area contributed by atoms with Crippen molar-refractivity contribution in [3.63, 3.8) is 0 Å². The molecule has 156 valence electrons. The average molecular weight is 393 g/mol. The van der Waals surface area contributed by atoms with Gasteiger partial charge in [0.05, 0.1) is 0 Å². The second kappa shape index (κ2) is 12.7. The van der Waals surface area contributed by atoms with E-state index in [1.807, 2.05) is 0 Å². The fraction of sp³-hybridized carbons (Fsp3) is 0.550. The number of anilines is 1. The summed E-state index contributed by atoms with van der Waals surface area (Å²) >= 11 is 0. The highest BCUT2D eigenvalue weighted by molar-refractivity contribution is 5.97. The van der Waals surface area contributed by atoms with Gasteiger partial charge in [0.25, 0.3) is 5.91 Å². The van der Waals surface area contributed by atoms with Crippen LogP contribution in [0.3, 0.4) is 0 Å². The number of amides is 2. The van der Waals surface area contributed by atoms with Crippen LogP contribution in [0.15, 0.2) is 24.3 Å². The van der Waals surface area contributed by atoms with Gasteiger partial charge in [-0.3, -0.25) is 9.59 Å². The van der Waals surface area contributed by atoms with Crippen molar-refractivity contribution in [3.8, 4) is 0 Å². The Morgan fingerprint density at radius 1 is 1.07 bits per heavy atom. The predicted molar refractivity (Wildman–Crippen MR) is 109 cm³/mol. The molecule has 0 saturated heterocycles. The van der Waals surface area contributed by atoms with E-state index in [-0.39, 0.29) is 18.7 Å². The molecule has 0 radical (unpaired) electrons. The highest BCUT2D eigenvalue weighted by atomic mass is 16.4. The molecule has 8 heteroatoms. The van der Waals surface area contributed by atoms with E-state index in [4.69, 9.17) is 5.73 Å². The second-order valence-electron chi connectivity index (χ2n) is 7.08. The number of nitrogens with one attached hydrogen (secondary N) is 3. The van der Waals surface area contributed by atoms with Gasteiger partial charge in [0, 0.05) is 30.8 Å². The molecule has 6 N–H and O–H groups in total. The molecule has 0 aliphatic heterocycles. The number of nitrogens with two attached hydrogens (primary N) is 1. The van der Waals surface area contributed by atoms with Crippen molar-refractivity contribution in [1.82, 2.24) is 10.6 Å². The Bertz CT molecular complexity index is 632. The van der Waals surface area contributed by atoms with E-state index in [0.29, 0.717) is 24.6 Å². The van der Waals surface area contributed by atoms with E-state index < -0.39 is 17.9 Å². The van der Waals surface area contributed by atoms with Gasteiger partial charge in [-0.1, -0.05) is 13.8 Å². The Morgan fingerprint density at radius 3 is 2.32 bits per heavy atom. The lowest BCUT2D eigenvalue weighted by Crippen LogP contribution is -2.41. The van der Waals surface area contributed by atoms with Crippen LogP contribution in [0.5, 0.6) is 0 Å². The van der Waals surface area contributed by atoms with Crippen molar-refractivity contribution in [1.29, 1.82) is 0 Å². The van der Waals surface area contributed by atoms with Gasteiger partial charge in [0.1, 0.15) is 6.04 Å². The highest BCUT2D eigenvalue weighted by Gasteiger charge is 2.21. The number of benzene rings is 1. The Kier molecular flexibility index (Phi) is 10.6. The minimum absolute atomic E-state index is 0.0350. The summed E-state index contributed by atoms with van der Waals surface area (Å²) in [7, 11) is 0.